The molecule has 0 aliphatic carbocycles. The van der Waals surface area contributed by atoms with Crippen molar-refractivity contribution >= 4 is 34.8 Å². The van der Waals surface area contributed by atoms with Crippen molar-refractivity contribution < 1.29 is 14.3 Å². The van der Waals surface area contributed by atoms with Gasteiger partial charge in [-0.05, 0) is 36.8 Å². The van der Waals surface area contributed by atoms with Gasteiger partial charge in [0.05, 0.1) is 0 Å². The molecule has 0 saturated heterocycles. The van der Waals surface area contributed by atoms with Crippen LogP contribution in [0.15, 0.2) is 42.5 Å². The molecule has 2 aromatic carbocycles. The summed E-state index contributed by atoms with van der Waals surface area (Å²) in [4.78, 5) is 23.0. The van der Waals surface area contributed by atoms with Gasteiger partial charge in [-0.2, -0.15) is 0 Å². The summed E-state index contributed by atoms with van der Waals surface area (Å²) in [5, 5.41) is 5.99. The minimum absolute atomic E-state index is 0.143. The highest BCUT2D eigenvalue weighted by Crippen LogP contribution is 2.23. The average molecular weight is 333 g/mol. The van der Waals surface area contributed by atoms with Crippen LogP contribution in [0, 0.1) is 6.92 Å². The molecule has 0 aliphatic heterocycles. The molecule has 0 aromatic heterocycles. The van der Waals surface area contributed by atoms with Crippen LogP contribution in [0.5, 0.6) is 5.75 Å². The second kappa shape index (κ2) is 7.65. The summed E-state index contributed by atoms with van der Waals surface area (Å²) in [7, 11) is 0. The number of nitrogens with one attached hydrogen (secondary N) is 2. The third-order valence-corrected chi connectivity index (χ3v) is 3.48. The maximum absolute atomic E-state index is 12.0. The van der Waals surface area contributed by atoms with Gasteiger partial charge in [0.15, 0.2) is 6.61 Å². The smallest absolute Gasteiger partial charge is 0.262 e. The molecule has 6 heteroatoms. The Morgan fingerprint density at radius 3 is 2.61 bits per heavy atom. The number of amides is 2. The summed E-state index contributed by atoms with van der Waals surface area (Å²) in [6, 6.07) is 12.1. The van der Waals surface area contributed by atoms with E-state index in [1.54, 1.807) is 42.5 Å². The van der Waals surface area contributed by atoms with Crippen LogP contribution in [0.2, 0.25) is 5.02 Å². The fourth-order valence-corrected chi connectivity index (χ4v) is 2.12. The van der Waals surface area contributed by atoms with E-state index in [9.17, 15) is 9.59 Å². The van der Waals surface area contributed by atoms with E-state index in [0.29, 0.717) is 22.1 Å². The summed E-state index contributed by atoms with van der Waals surface area (Å²) in [6.07, 6.45) is 0. The summed E-state index contributed by atoms with van der Waals surface area (Å²) in [6.45, 7) is 3.11. The topological polar surface area (TPSA) is 67.4 Å². The van der Waals surface area contributed by atoms with Crippen molar-refractivity contribution in [2.45, 2.75) is 13.8 Å². The molecule has 2 N–H and O–H groups in total. The Morgan fingerprint density at radius 1 is 1.13 bits per heavy atom. The van der Waals surface area contributed by atoms with Gasteiger partial charge < -0.3 is 15.4 Å². The molecule has 5 nitrogen and oxygen atoms in total. The first-order valence-electron chi connectivity index (χ1n) is 7.01. The molecule has 0 bridgehead atoms. The first-order chi connectivity index (χ1) is 11.0. The fourth-order valence-electron chi connectivity index (χ4n) is 1.94. The molecule has 2 rings (SSSR count). The monoisotopic (exact) mass is 332 g/mol. The SMILES string of the molecule is CC(=O)Nc1cccc(OCC(=O)Nc2cccc(Cl)c2C)c1. The number of halogens is 1. The second-order valence-electron chi connectivity index (χ2n) is 4.96. The third kappa shape index (κ3) is 5.00. The average Bonchev–Trinajstić information content (AvgIpc) is 2.50. The van der Waals surface area contributed by atoms with Crippen LogP contribution in [-0.4, -0.2) is 18.4 Å². The van der Waals surface area contributed by atoms with E-state index in [4.69, 9.17) is 16.3 Å². The van der Waals surface area contributed by atoms with Gasteiger partial charge >= 0.3 is 0 Å². The Kier molecular flexibility index (Phi) is 5.60. The molecule has 0 atom stereocenters. The lowest BCUT2D eigenvalue weighted by molar-refractivity contribution is -0.118. The maximum atomic E-state index is 12.0. The van der Waals surface area contributed by atoms with Crippen LogP contribution in [0.1, 0.15) is 12.5 Å². The number of benzene rings is 2. The van der Waals surface area contributed by atoms with Gasteiger partial charge in [-0.15, -0.1) is 0 Å². The number of anilines is 2. The zero-order valence-corrected chi connectivity index (χ0v) is 13.6. The van der Waals surface area contributed by atoms with E-state index in [1.807, 2.05) is 6.92 Å². The predicted octanol–water partition coefficient (Wildman–Crippen LogP) is 3.62. The van der Waals surface area contributed by atoms with Gasteiger partial charge in [0.2, 0.25) is 5.91 Å². The molecular formula is C17H17ClN2O3. The number of ether oxygens (including phenoxy) is 1. The molecule has 0 saturated carbocycles. The Balaban J connectivity index is 1.94. The normalized spacial score (nSPS) is 10.0. The van der Waals surface area contributed by atoms with E-state index in [0.717, 1.165) is 5.56 Å². The van der Waals surface area contributed by atoms with Gasteiger partial charge in [0.1, 0.15) is 5.75 Å². The minimum atomic E-state index is -0.291. The van der Waals surface area contributed by atoms with Gasteiger partial charge in [-0.3, -0.25) is 9.59 Å². The highest BCUT2D eigenvalue weighted by atomic mass is 35.5. The highest BCUT2D eigenvalue weighted by Gasteiger charge is 2.08. The van der Waals surface area contributed by atoms with Crippen LogP contribution in [0.4, 0.5) is 11.4 Å². The van der Waals surface area contributed by atoms with Gasteiger partial charge in [0.25, 0.3) is 5.91 Å². The Labute approximate surface area is 139 Å². The molecule has 120 valence electrons. The lowest BCUT2D eigenvalue weighted by atomic mass is 10.2. The summed E-state index contributed by atoms with van der Waals surface area (Å²) in [5.41, 5.74) is 2.06. The summed E-state index contributed by atoms with van der Waals surface area (Å²) in [5.74, 6) is 0.0332. The number of carbonyl (C=O) groups excluding carboxylic acids is 2. The Hall–Kier alpha value is -2.53. The minimum Gasteiger partial charge on any atom is -0.484 e. The second-order valence-corrected chi connectivity index (χ2v) is 5.37. The molecule has 2 amide bonds. The Morgan fingerprint density at radius 2 is 1.87 bits per heavy atom. The molecule has 0 spiro atoms. The van der Waals surface area contributed by atoms with E-state index in [-0.39, 0.29) is 18.4 Å². The first kappa shape index (κ1) is 16.8. The van der Waals surface area contributed by atoms with Crippen molar-refractivity contribution in [3.63, 3.8) is 0 Å². The predicted molar refractivity (Wildman–Crippen MR) is 91.1 cm³/mol. The van der Waals surface area contributed by atoms with Gasteiger partial charge in [0, 0.05) is 29.4 Å². The molecule has 0 aliphatic rings. The fraction of sp³-hybridized carbons (Fsp3) is 0.176. The summed E-state index contributed by atoms with van der Waals surface area (Å²) >= 11 is 6.01. The molecule has 0 unspecified atom stereocenters. The van der Waals surface area contributed by atoms with E-state index < -0.39 is 0 Å². The number of rotatable bonds is 5. The van der Waals surface area contributed by atoms with Crippen molar-refractivity contribution in [3.05, 3.63) is 53.1 Å². The summed E-state index contributed by atoms with van der Waals surface area (Å²) < 4.78 is 5.44. The van der Waals surface area contributed by atoms with Crippen LogP contribution >= 0.6 is 11.6 Å². The quantitative estimate of drug-likeness (QED) is 0.878. The molecule has 0 radical (unpaired) electrons. The largest absolute Gasteiger partial charge is 0.484 e. The number of carbonyl (C=O) groups is 2. The lowest BCUT2D eigenvalue weighted by Gasteiger charge is -2.11. The van der Waals surface area contributed by atoms with E-state index >= 15 is 0 Å². The van der Waals surface area contributed by atoms with Crippen molar-refractivity contribution in [2.24, 2.45) is 0 Å². The van der Waals surface area contributed by atoms with Crippen molar-refractivity contribution in [1.82, 2.24) is 0 Å². The number of hydrogen-bond acceptors (Lipinski definition) is 3. The van der Waals surface area contributed by atoms with Gasteiger partial charge in [-0.1, -0.05) is 23.7 Å². The van der Waals surface area contributed by atoms with Crippen LogP contribution in [0.3, 0.4) is 0 Å². The van der Waals surface area contributed by atoms with E-state index in [1.165, 1.54) is 6.92 Å². The van der Waals surface area contributed by atoms with Crippen molar-refractivity contribution in [3.8, 4) is 5.75 Å². The molecule has 0 fully saturated rings. The third-order valence-electron chi connectivity index (χ3n) is 3.07. The zero-order valence-electron chi connectivity index (χ0n) is 12.9. The molecule has 0 heterocycles. The first-order valence-corrected chi connectivity index (χ1v) is 7.39. The zero-order chi connectivity index (χ0) is 16.8. The molecule has 2 aromatic rings. The van der Waals surface area contributed by atoms with E-state index in [2.05, 4.69) is 10.6 Å². The van der Waals surface area contributed by atoms with Crippen molar-refractivity contribution in [2.75, 3.05) is 17.2 Å². The van der Waals surface area contributed by atoms with Gasteiger partial charge in [-0.25, -0.2) is 0 Å². The van der Waals surface area contributed by atoms with Crippen LogP contribution < -0.4 is 15.4 Å². The van der Waals surface area contributed by atoms with Crippen molar-refractivity contribution in [1.29, 1.82) is 0 Å². The highest BCUT2D eigenvalue weighted by molar-refractivity contribution is 6.31. The Bertz CT molecular complexity index is 732. The lowest BCUT2D eigenvalue weighted by Crippen LogP contribution is -2.20. The van der Waals surface area contributed by atoms with Crippen LogP contribution in [0.25, 0.3) is 0 Å². The number of hydrogen-bond donors (Lipinski definition) is 2. The molecule has 23 heavy (non-hydrogen) atoms. The standard InChI is InChI=1S/C17H17ClN2O3/c1-11-15(18)7-4-8-16(11)20-17(22)10-23-14-6-3-5-13(9-14)19-12(2)21/h3-9H,10H2,1-2H3,(H,19,21)(H,20,22). The van der Waals surface area contributed by atoms with Crippen LogP contribution in [-0.2, 0) is 9.59 Å². The maximum Gasteiger partial charge on any atom is 0.262 e. The molecular weight excluding hydrogens is 316 g/mol.